The quantitative estimate of drug-likeness (QED) is 0.598. The van der Waals surface area contributed by atoms with Crippen LogP contribution in [0.25, 0.3) is 0 Å². The van der Waals surface area contributed by atoms with Crippen molar-refractivity contribution in [1.29, 1.82) is 0 Å². The number of aliphatic hydroxyl groups excluding tert-OH is 1. The van der Waals surface area contributed by atoms with E-state index >= 15 is 0 Å². The minimum atomic E-state index is 0.194. The van der Waals surface area contributed by atoms with E-state index in [0.717, 1.165) is 7.11 Å². The van der Waals surface area contributed by atoms with Gasteiger partial charge in [0.25, 0.3) is 0 Å². The van der Waals surface area contributed by atoms with Gasteiger partial charge < -0.3 is 5.11 Å². The van der Waals surface area contributed by atoms with Crippen molar-refractivity contribution in [3.63, 3.8) is 0 Å². The summed E-state index contributed by atoms with van der Waals surface area (Å²) in [4.78, 5) is 0. The third-order valence-electron chi connectivity index (χ3n) is 0. The predicted molar refractivity (Wildman–Crippen MR) is 41.3 cm³/mol. The second-order valence-corrected chi connectivity index (χ2v) is 1.82. The number of aliphatic hydroxyl groups is 1. The Labute approximate surface area is 69.5 Å². The van der Waals surface area contributed by atoms with Crippen LogP contribution in [-0.4, -0.2) is 22.9 Å². The summed E-state index contributed by atoms with van der Waals surface area (Å²) in [6.45, 7) is 0. The summed E-state index contributed by atoms with van der Waals surface area (Å²) in [7, 11) is 1.00. The van der Waals surface area contributed by atoms with Crippen molar-refractivity contribution in [3.8, 4) is 0 Å². The minimum absolute atomic E-state index is 0.194. The fourth-order valence-electron chi connectivity index (χ4n) is 0. The zero-order valence-corrected chi connectivity index (χ0v) is 7.40. The minimum Gasteiger partial charge on any atom is -0.400 e. The normalized spacial score (nSPS) is 5.25. The zero-order valence-electron chi connectivity index (χ0n) is 4.37. The molecule has 0 aromatic heterocycles. The lowest BCUT2D eigenvalue weighted by molar-refractivity contribution is 0.399. The smallest absolute Gasteiger partial charge is 0.0967 e. The summed E-state index contributed by atoms with van der Waals surface area (Å²) >= 11 is 19.1. The molecule has 0 aromatic carbocycles. The third-order valence-corrected chi connectivity index (χ3v) is 0. The topological polar surface area (TPSA) is 20.2 Å². The Balaban J connectivity index is -0.0000000483. The van der Waals surface area contributed by atoms with E-state index in [2.05, 4.69) is 0 Å². The molecule has 0 aliphatic heterocycles. The van der Waals surface area contributed by atoms with Crippen molar-refractivity contribution in [2.75, 3.05) is 17.8 Å². The number of hydrogen-bond acceptors (Lipinski definition) is 1. The monoisotopic (exact) mass is 200 g/mol. The van der Waals surface area contributed by atoms with Crippen molar-refractivity contribution < 1.29 is 5.11 Å². The molecule has 0 spiro atoms. The molecule has 54 valence electrons. The molecule has 0 aliphatic carbocycles. The van der Waals surface area contributed by atoms with E-state index in [0.29, 0.717) is 0 Å². The van der Waals surface area contributed by atoms with Crippen molar-refractivity contribution in [2.45, 2.75) is 0 Å². The van der Waals surface area contributed by atoms with Gasteiger partial charge in [0.15, 0.2) is 0 Å². The average Bonchev–Trinajstić information content (AvgIpc) is 1.75. The molecule has 0 aliphatic rings. The third kappa shape index (κ3) is 213. The Bertz CT molecular complexity index is 13.2. The van der Waals surface area contributed by atoms with Crippen molar-refractivity contribution in [2.24, 2.45) is 0 Å². The van der Waals surface area contributed by atoms with Gasteiger partial charge in [0, 0.05) is 7.11 Å². The molecule has 0 fully saturated rings. The van der Waals surface area contributed by atoms with Crippen molar-refractivity contribution in [3.05, 3.63) is 0 Å². The maximum atomic E-state index is 7.00. The van der Waals surface area contributed by atoms with Gasteiger partial charge in [-0.2, -0.15) is 0 Å². The molecule has 0 bridgehead atoms. The van der Waals surface area contributed by atoms with E-state index in [1.807, 2.05) is 0 Å². The number of rotatable bonds is 0. The Morgan fingerprint density at radius 3 is 0.875 bits per heavy atom. The van der Waals surface area contributed by atoms with Crippen LogP contribution in [-0.2, 0) is 0 Å². The van der Waals surface area contributed by atoms with Gasteiger partial charge in [0.05, 0.1) is 10.7 Å². The summed E-state index contributed by atoms with van der Waals surface area (Å²) in [5, 5.41) is 7.39. The van der Waals surface area contributed by atoms with E-state index < -0.39 is 0 Å². The highest BCUT2D eigenvalue weighted by Gasteiger charge is 1.42. The SMILES string of the molecule is CO.ClCCl.ClCCl. The fourth-order valence-corrected chi connectivity index (χ4v) is 0. The molecule has 0 unspecified atom stereocenters. The lowest BCUT2D eigenvalue weighted by atomic mass is 11.8. The van der Waals surface area contributed by atoms with Crippen molar-refractivity contribution >= 4 is 46.4 Å². The lowest BCUT2D eigenvalue weighted by Gasteiger charge is -1.42. The van der Waals surface area contributed by atoms with Crippen LogP contribution in [0.1, 0.15) is 0 Å². The van der Waals surface area contributed by atoms with Gasteiger partial charge in [-0.25, -0.2) is 0 Å². The highest BCUT2D eigenvalue weighted by atomic mass is 35.5. The highest BCUT2D eigenvalue weighted by molar-refractivity contribution is 6.40. The molecule has 0 saturated heterocycles. The predicted octanol–water partition coefficient (Wildman–Crippen LogP) is 2.45. The Morgan fingerprint density at radius 2 is 0.875 bits per heavy atom. The maximum Gasteiger partial charge on any atom is 0.0967 e. The van der Waals surface area contributed by atoms with Crippen LogP contribution in [0.15, 0.2) is 0 Å². The summed E-state index contributed by atoms with van der Waals surface area (Å²) in [5.41, 5.74) is 0. The van der Waals surface area contributed by atoms with Crippen LogP contribution in [0, 0.1) is 0 Å². The molecule has 5 heteroatoms. The first-order chi connectivity index (χ1) is 3.83. The van der Waals surface area contributed by atoms with Gasteiger partial charge in [-0.3, -0.25) is 0 Å². The largest absolute Gasteiger partial charge is 0.400 e. The summed E-state index contributed by atoms with van der Waals surface area (Å²) in [6, 6.07) is 0. The van der Waals surface area contributed by atoms with Crippen LogP contribution in [0.3, 0.4) is 0 Å². The summed E-state index contributed by atoms with van der Waals surface area (Å²) < 4.78 is 0. The van der Waals surface area contributed by atoms with E-state index in [1.54, 1.807) is 0 Å². The molecule has 8 heavy (non-hydrogen) atoms. The number of hydrogen-bond donors (Lipinski definition) is 1. The molecule has 0 heterocycles. The van der Waals surface area contributed by atoms with Gasteiger partial charge in [0.1, 0.15) is 0 Å². The Morgan fingerprint density at radius 1 is 0.875 bits per heavy atom. The molecule has 1 N–H and O–H groups in total. The van der Waals surface area contributed by atoms with Crippen LogP contribution in [0.2, 0.25) is 0 Å². The van der Waals surface area contributed by atoms with Gasteiger partial charge in [0.2, 0.25) is 0 Å². The molecule has 1 nitrogen and oxygen atoms in total. The van der Waals surface area contributed by atoms with Crippen LogP contribution >= 0.6 is 46.4 Å². The lowest BCUT2D eigenvalue weighted by Crippen LogP contribution is -1.25. The van der Waals surface area contributed by atoms with Crippen LogP contribution in [0.5, 0.6) is 0 Å². The molecule has 0 aromatic rings. The molecular weight excluding hydrogens is 194 g/mol. The van der Waals surface area contributed by atoms with Crippen LogP contribution in [0.4, 0.5) is 0 Å². The summed E-state index contributed by atoms with van der Waals surface area (Å²) in [6.07, 6.45) is 0. The molecule has 0 amide bonds. The first-order valence-electron chi connectivity index (χ1n) is 1.52. The number of halogens is 4. The second-order valence-electron chi connectivity index (χ2n) is 0.202. The van der Waals surface area contributed by atoms with Gasteiger partial charge in [-0.15, -0.1) is 46.4 Å². The molecular formula is C3H8Cl4O. The van der Waals surface area contributed by atoms with Gasteiger partial charge in [-0.1, -0.05) is 0 Å². The first kappa shape index (κ1) is 16.1. The molecule has 0 rings (SSSR count). The van der Waals surface area contributed by atoms with E-state index in [9.17, 15) is 0 Å². The summed E-state index contributed by atoms with van der Waals surface area (Å²) in [5.74, 6) is 0. The molecule has 0 radical (unpaired) electrons. The second kappa shape index (κ2) is 42.3. The van der Waals surface area contributed by atoms with Crippen LogP contribution < -0.4 is 0 Å². The highest BCUT2D eigenvalue weighted by Crippen LogP contribution is 1.73. The first-order valence-corrected chi connectivity index (χ1v) is 3.65. The fraction of sp³-hybridized carbons (Fsp3) is 1.00. The average molecular weight is 202 g/mol. The van der Waals surface area contributed by atoms with Gasteiger partial charge in [-0.05, 0) is 0 Å². The Hall–Kier alpha value is 1.12. The van der Waals surface area contributed by atoms with Crippen molar-refractivity contribution in [1.82, 2.24) is 0 Å². The maximum absolute atomic E-state index is 7.00. The molecule has 0 atom stereocenters. The van der Waals surface area contributed by atoms with E-state index in [4.69, 9.17) is 51.5 Å². The zero-order chi connectivity index (χ0) is 7.41. The Kier molecular flexibility index (Phi) is 84.9. The number of alkyl halides is 4. The van der Waals surface area contributed by atoms with E-state index in [1.165, 1.54) is 0 Å². The molecule has 0 saturated carbocycles. The van der Waals surface area contributed by atoms with E-state index in [-0.39, 0.29) is 10.7 Å². The van der Waals surface area contributed by atoms with Gasteiger partial charge >= 0.3 is 0 Å². The standard InChI is InChI=1S/2CH2Cl2.CH4O/c2*2-1-3;1-2/h2*1H2;2H,1H3.